The van der Waals surface area contributed by atoms with E-state index in [2.05, 4.69) is 10.1 Å². The Hall–Kier alpha value is -1.14. The van der Waals surface area contributed by atoms with Gasteiger partial charge < -0.3 is 19.3 Å². The Balaban J connectivity index is 2.05. The number of hydrogen-bond acceptors (Lipinski definition) is 6. The Morgan fingerprint density at radius 3 is 2.77 bits per heavy atom. The average molecular weight is 185 g/mol. The van der Waals surface area contributed by atoms with Crippen LogP contribution in [0.1, 0.15) is 5.89 Å². The third kappa shape index (κ3) is 1.78. The standard InChI is InChI=1S/C7H11N3O3/c11-5-6-8-7(9-13-6)10-1-3-12-4-2-10/h11H,1-5H2. The lowest BCUT2D eigenvalue weighted by Crippen LogP contribution is -2.36. The van der Waals surface area contributed by atoms with Crippen molar-refractivity contribution in [1.82, 2.24) is 10.1 Å². The normalized spacial score (nSPS) is 17.8. The molecule has 1 saturated heterocycles. The predicted octanol–water partition coefficient (Wildman–Crippen LogP) is -0.602. The van der Waals surface area contributed by atoms with Gasteiger partial charge in [-0.2, -0.15) is 4.98 Å². The zero-order valence-electron chi connectivity index (χ0n) is 7.14. The molecule has 1 aliphatic rings. The van der Waals surface area contributed by atoms with E-state index in [1.165, 1.54) is 0 Å². The maximum atomic E-state index is 8.71. The van der Waals surface area contributed by atoms with Crippen molar-refractivity contribution < 1.29 is 14.4 Å². The van der Waals surface area contributed by atoms with E-state index in [4.69, 9.17) is 14.4 Å². The van der Waals surface area contributed by atoms with Gasteiger partial charge in [0.25, 0.3) is 11.8 Å². The summed E-state index contributed by atoms with van der Waals surface area (Å²) in [7, 11) is 0. The van der Waals surface area contributed by atoms with Crippen LogP contribution in [0, 0.1) is 0 Å². The van der Waals surface area contributed by atoms with Crippen LogP contribution < -0.4 is 4.90 Å². The summed E-state index contributed by atoms with van der Waals surface area (Å²) in [6.07, 6.45) is 0. The fourth-order valence-corrected chi connectivity index (χ4v) is 1.20. The Morgan fingerprint density at radius 1 is 1.38 bits per heavy atom. The molecular formula is C7H11N3O3. The largest absolute Gasteiger partial charge is 0.387 e. The van der Waals surface area contributed by atoms with Crippen LogP contribution in [0.15, 0.2) is 4.52 Å². The second kappa shape index (κ2) is 3.71. The number of nitrogens with zero attached hydrogens (tertiary/aromatic N) is 3. The summed E-state index contributed by atoms with van der Waals surface area (Å²) in [5.74, 6) is 0.786. The molecular weight excluding hydrogens is 174 g/mol. The molecule has 0 aliphatic carbocycles. The number of ether oxygens (including phenoxy) is 1. The van der Waals surface area contributed by atoms with E-state index in [9.17, 15) is 0 Å². The molecule has 0 saturated carbocycles. The molecule has 1 aliphatic heterocycles. The summed E-state index contributed by atoms with van der Waals surface area (Å²) in [5, 5.41) is 12.4. The lowest BCUT2D eigenvalue weighted by molar-refractivity contribution is 0.121. The fourth-order valence-electron chi connectivity index (χ4n) is 1.20. The lowest BCUT2D eigenvalue weighted by Gasteiger charge is -2.24. The molecule has 6 heteroatoms. The molecule has 0 aromatic carbocycles. The van der Waals surface area contributed by atoms with Crippen LogP contribution in [0.25, 0.3) is 0 Å². The molecule has 0 atom stereocenters. The zero-order chi connectivity index (χ0) is 9.10. The van der Waals surface area contributed by atoms with Crippen LogP contribution in [-0.2, 0) is 11.3 Å². The van der Waals surface area contributed by atoms with E-state index < -0.39 is 0 Å². The smallest absolute Gasteiger partial charge is 0.266 e. The third-order valence-electron chi connectivity index (χ3n) is 1.89. The second-order valence-electron chi connectivity index (χ2n) is 2.75. The van der Waals surface area contributed by atoms with Gasteiger partial charge >= 0.3 is 0 Å². The van der Waals surface area contributed by atoms with Crippen LogP contribution >= 0.6 is 0 Å². The van der Waals surface area contributed by atoms with Crippen molar-refractivity contribution in [2.75, 3.05) is 31.2 Å². The van der Waals surface area contributed by atoms with Gasteiger partial charge in [0.15, 0.2) is 0 Å². The minimum Gasteiger partial charge on any atom is -0.387 e. The highest BCUT2D eigenvalue weighted by molar-refractivity contribution is 5.27. The van der Waals surface area contributed by atoms with Crippen molar-refractivity contribution in [1.29, 1.82) is 0 Å². The van der Waals surface area contributed by atoms with Gasteiger partial charge in [-0.05, 0) is 5.16 Å². The molecule has 2 rings (SSSR count). The van der Waals surface area contributed by atoms with E-state index in [0.717, 1.165) is 13.1 Å². The van der Waals surface area contributed by atoms with Crippen LogP contribution in [0.3, 0.4) is 0 Å². The molecule has 1 aromatic rings. The summed E-state index contributed by atoms with van der Waals surface area (Å²) < 4.78 is 9.95. The molecule has 6 nitrogen and oxygen atoms in total. The maximum Gasteiger partial charge on any atom is 0.266 e. The molecule has 13 heavy (non-hydrogen) atoms. The monoisotopic (exact) mass is 185 g/mol. The zero-order valence-corrected chi connectivity index (χ0v) is 7.14. The number of rotatable bonds is 2. The topological polar surface area (TPSA) is 71.6 Å². The quantitative estimate of drug-likeness (QED) is 0.663. The molecule has 0 radical (unpaired) electrons. The van der Waals surface area contributed by atoms with Crippen molar-refractivity contribution in [3.63, 3.8) is 0 Å². The highest BCUT2D eigenvalue weighted by atomic mass is 16.5. The number of hydrogen-bond donors (Lipinski definition) is 1. The van der Waals surface area contributed by atoms with Crippen LogP contribution in [-0.4, -0.2) is 41.6 Å². The molecule has 0 spiro atoms. The fraction of sp³-hybridized carbons (Fsp3) is 0.714. The van der Waals surface area contributed by atoms with E-state index >= 15 is 0 Å². The number of aliphatic hydroxyl groups excluding tert-OH is 1. The summed E-state index contributed by atoms with van der Waals surface area (Å²) in [4.78, 5) is 5.96. The number of aliphatic hydroxyl groups is 1. The Kier molecular flexibility index (Phi) is 2.42. The molecule has 1 aromatic heterocycles. The van der Waals surface area contributed by atoms with Gasteiger partial charge in [0.2, 0.25) is 0 Å². The highest BCUT2D eigenvalue weighted by Gasteiger charge is 2.16. The molecule has 0 bridgehead atoms. The second-order valence-corrected chi connectivity index (χ2v) is 2.75. The van der Waals surface area contributed by atoms with Gasteiger partial charge in [-0.15, -0.1) is 0 Å². The minimum absolute atomic E-state index is 0.211. The van der Waals surface area contributed by atoms with Gasteiger partial charge in [-0.1, -0.05) is 0 Å². The summed E-state index contributed by atoms with van der Waals surface area (Å²) in [5.41, 5.74) is 0. The average Bonchev–Trinajstić information content (AvgIpc) is 2.67. The van der Waals surface area contributed by atoms with Gasteiger partial charge in [0, 0.05) is 13.1 Å². The Morgan fingerprint density at radius 2 is 2.15 bits per heavy atom. The summed E-state index contributed by atoms with van der Waals surface area (Å²) in [6, 6.07) is 0. The lowest BCUT2D eigenvalue weighted by atomic mass is 10.4. The summed E-state index contributed by atoms with van der Waals surface area (Å²) >= 11 is 0. The van der Waals surface area contributed by atoms with Crippen molar-refractivity contribution in [2.24, 2.45) is 0 Å². The number of morpholine rings is 1. The first-order valence-electron chi connectivity index (χ1n) is 4.16. The molecule has 72 valence electrons. The molecule has 2 heterocycles. The summed E-state index contributed by atoms with van der Waals surface area (Å²) in [6.45, 7) is 2.69. The van der Waals surface area contributed by atoms with E-state index in [0.29, 0.717) is 19.2 Å². The van der Waals surface area contributed by atoms with Gasteiger partial charge in [-0.25, -0.2) is 0 Å². The van der Waals surface area contributed by atoms with Crippen LogP contribution in [0.2, 0.25) is 0 Å². The van der Waals surface area contributed by atoms with Gasteiger partial charge in [0.1, 0.15) is 6.61 Å². The van der Waals surface area contributed by atoms with Crippen molar-refractivity contribution in [3.8, 4) is 0 Å². The molecule has 1 N–H and O–H groups in total. The first-order valence-corrected chi connectivity index (χ1v) is 4.16. The highest BCUT2D eigenvalue weighted by Crippen LogP contribution is 2.10. The van der Waals surface area contributed by atoms with E-state index in [1.807, 2.05) is 4.90 Å². The van der Waals surface area contributed by atoms with Crippen molar-refractivity contribution >= 4 is 5.95 Å². The number of aromatic nitrogens is 2. The predicted molar refractivity (Wildman–Crippen MR) is 43.3 cm³/mol. The van der Waals surface area contributed by atoms with Gasteiger partial charge in [-0.3, -0.25) is 0 Å². The maximum absolute atomic E-state index is 8.71. The first-order chi connectivity index (χ1) is 6.40. The molecule has 0 unspecified atom stereocenters. The Labute approximate surface area is 75.1 Å². The molecule has 1 fully saturated rings. The van der Waals surface area contributed by atoms with Crippen LogP contribution in [0.4, 0.5) is 5.95 Å². The van der Waals surface area contributed by atoms with Crippen molar-refractivity contribution in [3.05, 3.63) is 5.89 Å². The van der Waals surface area contributed by atoms with Crippen LogP contribution in [0.5, 0.6) is 0 Å². The number of anilines is 1. The third-order valence-corrected chi connectivity index (χ3v) is 1.89. The van der Waals surface area contributed by atoms with Gasteiger partial charge in [0.05, 0.1) is 13.2 Å². The molecule has 0 amide bonds. The first kappa shape index (κ1) is 8.46. The van der Waals surface area contributed by atoms with E-state index in [-0.39, 0.29) is 12.5 Å². The SMILES string of the molecule is OCc1nc(N2CCOCC2)no1. The minimum atomic E-state index is -0.211. The van der Waals surface area contributed by atoms with Crippen molar-refractivity contribution in [2.45, 2.75) is 6.61 Å². The Bertz CT molecular complexity index is 270. The van der Waals surface area contributed by atoms with E-state index in [1.54, 1.807) is 0 Å².